The molecule has 0 aliphatic heterocycles. The lowest BCUT2D eigenvalue weighted by Gasteiger charge is -2.15. The smallest absolute Gasteiger partial charge is 0.246 e. The molecular formula is C21H21N3O3. The van der Waals surface area contributed by atoms with Gasteiger partial charge in [0.2, 0.25) is 17.6 Å². The van der Waals surface area contributed by atoms with E-state index in [4.69, 9.17) is 9.26 Å². The van der Waals surface area contributed by atoms with Gasteiger partial charge in [-0.2, -0.15) is 4.98 Å². The Kier molecular flexibility index (Phi) is 4.39. The van der Waals surface area contributed by atoms with Gasteiger partial charge in [-0.05, 0) is 37.5 Å². The number of carbonyl (C=O) groups excluding carboxylic acids is 1. The number of rotatable bonds is 6. The van der Waals surface area contributed by atoms with E-state index in [2.05, 4.69) is 15.5 Å². The van der Waals surface area contributed by atoms with E-state index >= 15 is 0 Å². The van der Waals surface area contributed by atoms with Crippen LogP contribution in [-0.4, -0.2) is 23.2 Å². The number of methoxy groups -OCH3 is 1. The SMILES string of the molecule is COc1ccc(C2(C(=O)NCc3nc(-c4ccc(C)cc4)no3)CC2)cc1. The molecule has 3 aromatic rings. The number of benzene rings is 2. The summed E-state index contributed by atoms with van der Waals surface area (Å²) in [4.78, 5) is 17.1. The standard InChI is InChI=1S/C21H21N3O3/c1-14-3-5-15(6-4-14)19-23-18(27-24-19)13-22-20(25)21(11-12-21)16-7-9-17(26-2)10-8-16/h3-10H,11-13H2,1-2H3,(H,22,25). The number of hydrogen-bond donors (Lipinski definition) is 1. The van der Waals surface area contributed by atoms with Gasteiger partial charge in [0.15, 0.2) is 0 Å². The minimum Gasteiger partial charge on any atom is -0.497 e. The molecule has 6 nitrogen and oxygen atoms in total. The van der Waals surface area contributed by atoms with Crippen LogP contribution in [0.15, 0.2) is 53.1 Å². The maximum Gasteiger partial charge on any atom is 0.246 e. The van der Waals surface area contributed by atoms with Crippen LogP contribution in [0.1, 0.15) is 29.9 Å². The lowest BCUT2D eigenvalue weighted by atomic mass is 9.95. The van der Waals surface area contributed by atoms with Crippen molar-refractivity contribution in [1.82, 2.24) is 15.5 Å². The van der Waals surface area contributed by atoms with E-state index in [0.717, 1.165) is 29.7 Å². The van der Waals surface area contributed by atoms with E-state index in [1.807, 2.05) is 55.5 Å². The zero-order valence-corrected chi connectivity index (χ0v) is 15.4. The summed E-state index contributed by atoms with van der Waals surface area (Å²) in [6.45, 7) is 2.24. The van der Waals surface area contributed by atoms with E-state index in [9.17, 15) is 4.79 Å². The summed E-state index contributed by atoms with van der Waals surface area (Å²) in [5, 5.41) is 6.93. The van der Waals surface area contributed by atoms with Gasteiger partial charge in [-0.1, -0.05) is 47.1 Å². The Hall–Kier alpha value is -3.15. The molecule has 0 atom stereocenters. The van der Waals surface area contributed by atoms with Crippen LogP contribution in [-0.2, 0) is 16.8 Å². The quantitative estimate of drug-likeness (QED) is 0.726. The highest BCUT2D eigenvalue weighted by molar-refractivity contribution is 5.91. The van der Waals surface area contributed by atoms with Crippen LogP contribution >= 0.6 is 0 Å². The Morgan fingerprint density at radius 1 is 1.15 bits per heavy atom. The van der Waals surface area contributed by atoms with Crippen molar-refractivity contribution in [1.29, 1.82) is 0 Å². The molecule has 1 aliphatic rings. The molecule has 2 aromatic carbocycles. The molecule has 0 spiro atoms. The van der Waals surface area contributed by atoms with E-state index in [1.54, 1.807) is 7.11 Å². The minimum atomic E-state index is -0.452. The third kappa shape index (κ3) is 3.43. The van der Waals surface area contributed by atoms with E-state index in [0.29, 0.717) is 11.7 Å². The molecule has 1 amide bonds. The van der Waals surface area contributed by atoms with Crippen molar-refractivity contribution in [2.45, 2.75) is 31.7 Å². The number of hydrogen-bond acceptors (Lipinski definition) is 5. The van der Waals surface area contributed by atoms with Crippen molar-refractivity contribution in [2.24, 2.45) is 0 Å². The maximum absolute atomic E-state index is 12.7. The third-order valence-electron chi connectivity index (χ3n) is 5.01. The monoisotopic (exact) mass is 363 g/mol. The Bertz CT molecular complexity index is 942. The third-order valence-corrected chi connectivity index (χ3v) is 5.01. The van der Waals surface area contributed by atoms with E-state index in [1.165, 1.54) is 5.56 Å². The topological polar surface area (TPSA) is 77.2 Å². The Morgan fingerprint density at radius 3 is 2.48 bits per heavy atom. The summed E-state index contributed by atoms with van der Waals surface area (Å²) in [6, 6.07) is 15.6. The molecule has 1 aliphatic carbocycles. The molecule has 4 rings (SSSR count). The van der Waals surface area contributed by atoms with E-state index < -0.39 is 5.41 Å². The highest BCUT2D eigenvalue weighted by Crippen LogP contribution is 2.48. The van der Waals surface area contributed by atoms with Gasteiger partial charge in [0, 0.05) is 5.56 Å². The van der Waals surface area contributed by atoms with Gasteiger partial charge in [-0.3, -0.25) is 4.79 Å². The predicted octanol–water partition coefficient (Wildman–Crippen LogP) is 3.40. The van der Waals surface area contributed by atoms with Crippen molar-refractivity contribution in [3.63, 3.8) is 0 Å². The molecule has 0 radical (unpaired) electrons. The molecule has 0 unspecified atom stereocenters. The normalized spacial score (nSPS) is 14.6. The number of aryl methyl sites for hydroxylation is 1. The lowest BCUT2D eigenvalue weighted by molar-refractivity contribution is -0.123. The van der Waals surface area contributed by atoms with Gasteiger partial charge < -0.3 is 14.6 Å². The molecular weight excluding hydrogens is 342 g/mol. The van der Waals surface area contributed by atoms with Crippen molar-refractivity contribution in [3.05, 3.63) is 65.5 Å². The molecule has 138 valence electrons. The summed E-state index contributed by atoms with van der Waals surface area (Å²) in [5.74, 6) is 1.69. The number of carbonyl (C=O) groups is 1. The molecule has 1 N–H and O–H groups in total. The zero-order chi connectivity index (χ0) is 18.9. The summed E-state index contributed by atoms with van der Waals surface area (Å²) < 4.78 is 10.5. The van der Waals surface area contributed by atoms with E-state index in [-0.39, 0.29) is 12.5 Å². The molecule has 1 saturated carbocycles. The summed E-state index contributed by atoms with van der Waals surface area (Å²) in [5.41, 5.74) is 2.61. The second-order valence-corrected chi connectivity index (χ2v) is 6.87. The molecule has 0 saturated heterocycles. The van der Waals surface area contributed by atoms with Crippen molar-refractivity contribution in [2.75, 3.05) is 7.11 Å². The second-order valence-electron chi connectivity index (χ2n) is 6.87. The van der Waals surface area contributed by atoms with Gasteiger partial charge in [-0.25, -0.2) is 0 Å². The molecule has 6 heteroatoms. The maximum atomic E-state index is 12.7. The number of aromatic nitrogens is 2. The molecule has 27 heavy (non-hydrogen) atoms. The number of amides is 1. The first-order chi connectivity index (χ1) is 13.1. The van der Waals surface area contributed by atoms with Crippen LogP contribution in [0.5, 0.6) is 5.75 Å². The minimum absolute atomic E-state index is 0.0113. The number of nitrogens with zero attached hydrogens (tertiary/aromatic N) is 2. The first-order valence-corrected chi connectivity index (χ1v) is 8.93. The van der Waals surface area contributed by atoms with Crippen molar-refractivity contribution < 1.29 is 14.1 Å². The fourth-order valence-corrected chi connectivity index (χ4v) is 3.15. The van der Waals surface area contributed by atoms with Crippen molar-refractivity contribution in [3.8, 4) is 17.1 Å². The van der Waals surface area contributed by atoms with Gasteiger partial charge in [0.1, 0.15) is 5.75 Å². The number of nitrogens with one attached hydrogen (secondary N) is 1. The van der Waals surface area contributed by atoms with Crippen LogP contribution in [0.3, 0.4) is 0 Å². The fraction of sp³-hybridized carbons (Fsp3) is 0.286. The molecule has 0 bridgehead atoms. The molecule has 1 fully saturated rings. The Labute approximate surface area is 157 Å². The highest BCUT2D eigenvalue weighted by Gasteiger charge is 2.51. The second kappa shape index (κ2) is 6.87. The van der Waals surface area contributed by atoms with Crippen LogP contribution in [0.25, 0.3) is 11.4 Å². The average molecular weight is 363 g/mol. The first-order valence-electron chi connectivity index (χ1n) is 8.93. The summed E-state index contributed by atoms with van der Waals surface area (Å²) >= 11 is 0. The largest absolute Gasteiger partial charge is 0.497 e. The van der Waals surface area contributed by atoms with Crippen LogP contribution < -0.4 is 10.1 Å². The van der Waals surface area contributed by atoms with Gasteiger partial charge in [0.25, 0.3) is 0 Å². The van der Waals surface area contributed by atoms with Crippen LogP contribution in [0.4, 0.5) is 0 Å². The summed E-state index contributed by atoms with van der Waals surface area (Å²) in [7, 11) is 1.63. The average Bonchev–Trinajstić information content (AvgIpc) is 3.38. The van der Waals surface area contributed by atoms with Gasteiger partial charge >= 0.3 is 0 Å². The summed E-state index contributed by atoms with van der Waals surface area (Å²) in [6.07, 6.45) is 1.67. The zero-order valence-electron chi connectivity index (χ0n) is 15.4. The predicted molar refractivity (Wildman–Crippen MR) is 100 cm³/mol. The lowest BCUT2D eigenvalue weighted by Crippen LogP contribution is -2.34. The number of ether oxygens (including phenoxy) is 1. The fourth-order valence-electron chi connectivity index (χ4n) is 3.15. The van der Waals surface area contributed by atoms with Gasteiger partial charge in [-0.15, -0.1) is 0 Å². The van der Waals surface area contributed by atoms with Crippen molar-refractivity contribution >= 4 is 5.91 Å². The Morgan fingerprint density at radius 2 is 1.85 bits per heavy atom. The highest BCUT2D eigenvalue weighted by atomic mass is 16.5. The first kappa shape index (κ1) is 17.3. The molecule has 1 aromatic heterocycles. The van der Waals surface area contributed by atoms with Crippen LogP contribution in [0, 0.1) is 6.92 Å². The van der Waals surface area contributed by atoms with Crippen LogP contribution in [0.2, 0.25) is 0 Å². The Balaban J connectivity index is 1.41. The van der Waals surface area contributed by atoms with Gasteiger partial charge in [0.05, 0.1) is 19.1 Å². The molecule has 1 heterocycles.